The van der Waals surface area contributed by atoms with Gasteiger partial charge >= 0.3 is 0 Å². The van der Waals surface area contributed by atoms with Crippen LogP contribution < -0.4 is 0 Å². The predicted molar refractivity (Wildman–Crippen MR) is 41.9 cm³/mol. The number of rotatable bonds is 1. The van der Waals surface area contributed by atoms with E-state index in [-0.39, 0.29) is 0 Å². The van der Waals surface area contributed by atoms with Gasteiger partial charge in [0.05, 0.1) is 6.61 Å². The normalized spacial score (nSPS) is 36.3. The minimum absolute atomic E-state index is 0.323. The Kier molecular flexibility index (Phi) is 2.69. The van der Waals surface area contributed by atoms with Crippen molar-refractivity contribution < 1.29 is 5.11 Å². The van der Waals surface area contributed by atoms with E-state index in [0.29, 0.717) is 12.6 Å². The maximum Gasteiger partial charge on any atom is 0.0586 e. The van der Waals surface area contributed by atoms with Crippen molar-refractivity contribution in [2.45, 2.75) is 25.8 Å². The lowest BCUT2D eigenvalue weighted by Gasteiger charge is -2.34. The zero-order valence-corrected chi connectivity index (χ0v) is 6.88. The minimum Gasteiger partial charge on any atom is -0.395 e. The molecule has 0 unspecified atom stereocenters. The molecule has 2 atom stereocenters. The van der Waals surface area contributed by atoms with Crippen molar-refractivity contribution in [1.29, 1.82) is 0 Å². The SMILES string of the molecule is C[C@H]1CC[C@H](CO)N(C)C1. The van der Waals surface area contributed by atoms with E-state index in [2.05, 4.69) is 18.9 Å². The van der Waals surface area contributed by atoms with Gasteiger partial charge in [0.1, 0.15) is 0 Å². The average Bonchev–Trinajstić information content (AvgIpc) is 1.88. The molecule has 1 N–H and O–H groups in total. The van der Waals surface area contributed by atoms with Gasteiger partial charge < -0.3 is 10.0 Å². The Labute approximate surface area is 62.8 Å². The Balaban J connectivity index is 2.36. The van der Waals surface area contributed by atoms with Gasteiger partial charge in [0.25, 0.3) is 0 Å². The van der Waals surface area contributed by atoms with Crippen molar-refractivity contribution in [3.63, 3.8) is 0 Å². The fourth-order valence-electron chi connectivity index (χ4n) is 1.66. The van der Waals surface area contributed by atoms with E-state index in [1.807, 2.05) is 0 Å². The first-order valence-electron chi connectivity index (χ1n) is 4.05. The maximum absolute atomic E-state index is 8.91. The molecule has 10 heavy (non-hydrogen) atoms. The molecule has 0 saturated carbocycles. The van der Waals surface area contributed by atoms with Crippen molar-refractivity contribution >= 4 is 0 Å². The number of hydrogen-bond acceptors (Lipinski definition) is 2. The summed E-state index contributed by atoms with van der Waals surface area (Å²) in [5, 5.41) is 8.91. The molecule has 0 radical (unpaired) electrons. The Morgan fingerprint density at radius 2 is 2.20 bits per heavy atom. The first kappa shape index (κ1) is 8.02. The van der Waals surface area contributed by atoms with Crippen LogP contribution in [0.2, 0.25) is 0 Å². The van der Waals surface area contributed by atoms with Crippen LogP contribution in [0.25, 0.3) is 0 Å². The molecule has 0 aromatic heterocycles. The van der Waals surface area contributed by atoms with Crippen LogP contribution in [0.15, 0.2) is 0 Å². The standard InChI is InChI=1S/C8H17NO/c1-7-3-4-8(6-10)9(2)5-7/h7-8,10H,3-6H2,1-2H3/t7-,8+/m0/s1. The Morgan fingerprint density at radius 3 is 2.70 bits per heavy atom. The van der Waals surface area contributed by atoms with Crippen LogP contribution in [0.3, 0.4) is 0 Å². The molecule has 1 saturated heterocycles. The molecule has 1 fully saturated rings. The monoisotopic (exact) mass is 143 g/mol. The van der Waals surface area contributed by atoms with E-state index < -0.39 is 0 Å². The van der Waals surface area contributed by atoms with Crippen LogP contribution in [-0.4, -0.2) is 36.2 Å². The number of hydrogen-bond donors (Lipinski definition) is 1. The number of piperidine rings is 1. The van der Waals surface area contributed by atoms with Crippen molar-refractivity contribution in [2.75, 3.05) is 20.2 Å². The van der Waals surface area contributed by atoms with Crippen molar-refractivity contribution in [3.8, 4) is 0 Å². The van der Waals surface area contributed by atoms with E-state index in [1.165, 1.54) is 6.42 Å². The van der Waals surface area contributed by atoms with Crippen LogP contribution >= 0.6 is 0 Å². The average molecular weight is 143 g/mol. The lowest BCUT2D eigenvalue weighted by atomic mass is 9.95. The molecule has 1 heterocycles. The number of aliphatic hydroxyl groups is 1. The van der Waals surface area contributed by atoms with E-state index >= 15 is 0 Å². The number of aliphatic hydroxyl groups excluding tert-OH is 1. The van der Waals surface area contributed by atoms with Gasteiger partial charge in [0, 0.05) is 12.6 Å². The molecule has 0 aromatic rings. The Morgan fingerprint density at radius 1 is 1.50 bits per heavy atom. The van der Waals surface area contributed by atoms with E-state index in [4.69, 9.17) is 5.11 Å². The van der Waals surface area contributed by atoms with Crippen LogP contribution in [0.5, 0.6) is 0 Å². The third-order valence-electron chi connectivity index (χ3n) is 2.43. The van der Waals surface area contributed by atoms with Crippen LogP contribution in [-0.2, 0) is 0 Å². The number of likely N-dealkylation sites (tertiary alicyclic amines) is 1. The summed E-state index contributed by atoms with van der Waals surface area (Å²) in [6.07, 6.45) is 2.43. The molecule has 60 valence electrons. The van der Waals surface area contributed by atoms with E-state index in [1.54, 1.807) is 0 Å². The minimum atomic E-state index is 0.323. The molecule has 0 aliphatic carbocycles. The zero-order valence-electron chi connectivity index (χ0n) is 6.88. The molecule has 2 nitrogen and oxygen atoms in total. The largest absolute Gasteiger partial charge is 0.395 e. The summed E-state index contributed by atoms with van der Waals surface area (Å²) in [7, 11) is 2.09. The third kappa shape index (κ3) is 1.70. The van der Waals surface area contributed by atoms with Gasteiger partial charge in [0.2, 0.25) is 0 Å². The highest BCUT2D eigenvalue weighted by molar-refractivity contribution is 4.76. The summed E-state index contributed by atoms with van der Waals surface area (Å²) < 4.78 is 0. The number of likely N-dealkylation sites (N-methyl/N-ethyl adjacent to an activating group) is 1. The Hall–Kier alpha value is -0.0800. The van der Waals surface area contributed by atoms with Crippen LogP contribution in [0.1, 0.15) is 19.8 Å². The van der Waals surface area contributed by atoms with E-state index in [9.17, 15) is 0 Å². The second-order valence-corrected chi connectivity index (χ2v) is 3.46. The smallest absolute Gasteiger partial charge is 0.0586 e. The second-order valence-electron chi connectivity index (χ2n) is 3.46. The van der Waals surface area contributed by atoms with Crippen molar-refractivity contribution in [2.24, 2.45) is 5.92 Å². The zero-order chi connectivity index (χ0) is 7.56. The highest BCUT2D eigenvalue weighted by Crippen LogP contribution is 2.19. The van der Waals surface area contributed by atoms with Crippen molar-refractivity contribution in [3.05, 3.63) is 0 Å². The first-order valence-corrected chi connectivity index (χ1v) is 4.05. The first-order chi connectivity index (χ1) is 4.74. The lowest BCUT2D eigenvalue weighted by molar-refractivity contribution is 0.0904. The summed E-state index contributed by atoms with van der Waals surface area (Å²) in [4.78, 5) is 2.26. The summed E-state index contributed by atoms with van der Waals surface area (Å²) in [6.45, 7) is 3.73. The topological polar surface area (TPSA) is 23.5 Å². The summed E-state index contributed by atoms with van der Waals surface area (Å²) in [5.74, 6) is 0.813. The molecule has 0 spiro atoms. The molecular formula is C8H17NO. The molecule has 1 aliphatic heterocycles. The second kappa shape index (κ2) is 3.35. The predicted octanol–water partition coefficient (Wildman–Crippen LogP) is 0.709. The summed E-state index contributed by atoms with van der Waals surface area (Å²) in [5.41, 5.74) is 0. The summed E-state index contributed by atoms with van der Waals surface area (Å²) in [6, 6.07) is 0.427. The van der Waals surface area contributed by atoms with Crippen LogP contribution in [0, 0.1) is 5.92 Å². The van der Waals surface area contributed by atoms with E-state index in [0.717, 1.165) is 18.9 Å². The fraction of sp³-hybridized carbons (Fsp3) is 1.00. The van der Waals surface area contributed by atoms with Gasteiger partial charge in [-0.2, -0.15) is 0 Å². The highest BCUT2D eigenvalue weighted by atomic mass is 16.3. The molecule has 0 amide bonds. The molecule has 1 aliphatic rings. The fourth-order valence-corrected chi connectivity index (χ4v) is 1.66. The van der Waals surface area contributed by atoms with Gasteiger partial charge in [-0.15, -0.1) is 0 Å². The molecular weight excluding hydrogens is 126 g/mol. The molecule has 0 aromatic carbocycles. The van der Waals surface area contributed by atoms with Crippen LogP contribution in [0.4, 0.5) is 0 Å². The quantitative estimate of drug-likeness (QED) is 0.584. The molecule has 0 bridgehead atoms. The lowest BCUT2D eigenvalue weighted by Crippen LogP contribution is -2.41. The van der Waals surface area contributed by atoms with Gasteiger partial charge in [0.15, 0.2) is 0 Å². The number of nitrogens with zero attached hydrogens (tertiary/aromatic N) is 1. The Bertz CT molecular complexity index is 105. The third-order valence-corrected chi connectivity index (χ3v) is 2.43. The van der Waals surface area contributed by atoms with Gasteiger partial charge in [-0.25, -0.2) is 0 Å². The van der Waals surface area contributed by atoms with Crippen molar-refractivity contribution in [1.82, 2.24) is 4.90 Å². The highest BCUT2D eigenvalue weighted by Gasteiger charge is 2.21. The summed E-state index contributed by atoms with van der Waals surface area (Å²) >= 11 is 0. The maximum atomic E-state index is 8.91. The van der Waals surface area contributed by atoms with Gasteiger partial charge in [-0.1, -0.05) is 6.92 Å². The van der Waals surface area contributed by atoms with Gasteiger partial charge in [-0.3, -0.25) is 0 Å². The van der Waals surface area contributed by atoms with Gasteiger partial charge in [-0.05, 0) is 25.8 Å². The molecule has 2 heteroatoms. The molecule has 1 rings (SSSR count).